The van der Waals surface area contributed by atoms with E-state index in [0.29, 0.717) is 0 Å². The van der Waals surface area contributed by atoms with Crippen molar-refractivity contribution in [1.82, 2.24) is 4.41 Å². The smallest absolute Gasteiger partial charge is 0.205 e. The number of rotatable bonds is 3. The van der Waals surface area contributed by atoms with Crippen molar-refractivity contribution in [2.45, 2.75) is 12.5 Å². The van der Waals surface area contributed by atoms with Gasteiger partial charge in [-0.3, -0.25) is 0 Å². The summed E-state index contributed by atoms with van der Waals surface area (Å²) in [5, 5.41) is 12.7. The summed E-state index contributed by atoms with van der Waals surface area (Å²) in [7, 11) is -3.46. The molecule has 6 heteroatoms. The quantitative estimate of drug-likeness (QED) is 0.641. The molecule has 1 aliphatic heterocycles. The van der Waals surface area contributed by atoms with Crippen LogP contribution in [0.4, 0.5) is 0 Å². The Bertz CT molecular complexity index is 1080. The van der Waals surface area contributed by atoms with E-state index in [4.69, 9.17) is 5.26 Å². The summed E-state index contributed by atoms with van der Waals surface area (Å²) in [5.74, 6) is 0. The molecule has 29 heavy (non-hydrogen) atoms. The molecule has 3 aromatic carbocycles. The Morgan fingerprint density at radius 3 is 1.93 bits per heavy atom. The summed E-state index contributed by atoms with van der Waals surface area (Å²) in [6, 6.07) is 29.6. The van der Waals surface area contributed by atoms with Gasteiger partial charge in [0.05, 0.1) is 25.0 Å². The van der Waals surface area contributed by atoms with E-state index in [1.165, 1.54) is 17.3 Å². The summed E-state index contributed by atoms with van der Waals surface area (Å²) in [6.45, 7) is 0. The summed E-state index contributed by atoms with van der Waals surface area (Å²) in [5.41, 5.74) is 4.22. The second-order valence-electron chi connectivity index (χ2n) is 6.52. The van der Waals surface area contributed by atoms with Gasteiger partial charge in [0.15, 0.2) is 0 Å². The summed E-state index contributed by atoms with van der Waals surface area (Å²) in [4.78, 5) is 0. The molecule has 5 nitrogen and oxygen atoms in total. The Hall–Kier alpha value is -3.43. The molecule has 0 spiro atoms. The Morgan fingerprint density at radius 2 is 1.41 bits per heavy atom. The van der Waals surface area contributed by atoms with Crippen molar-refractivity contribution in [2.24, 2.45) is 5.10 Å². The lowest BCUT2D eigenvalue weighted by molar-refractivity contribution is 0.340. The minimum absolute atomic E-state index is 0.0847. The monoisotopic (exact) mass is 403 g/mol. The fraction of sp³-hybridized carbons (Fsp3) is 0.130. The first-order valence-corrected chi connectivity index (χ1v) is 11.0. The van der Waals surface area contributed by atoms with Gasteiger partial charge in [0, 0.05) is 0 Å². The van der Waals surface area contributed by atoms with Crippen LogP contribution in [0.5, 0.6) is 0 Å². The number of hydrazone groups is 1. The molecular formula is C23H21N3O2S. The van der Waals surface area contributed by atoms with Crippen molar-refractivity contribution in [1.29, 1.82) is 5.26 Å². The number of hydrogen-bond donors (Lipinski definition) is 0. The molecule has 0 radical (unpaired) electrons. The molecule has 146 valence electrons. The maximum atomic E-state index is 11.6. The van der Waals surface area contributed by atoms with Crippen LogP contribution in [0, 0.1) is 11.3 Å². The van der Waals surface area contributed by atoms with Gasteiger partial charge in [-0.2, -0.15) is 14.8 Å². The molecule has 0 N–H and O–H groups in total. The molecule has 0 saturated heterocycles. The third kappa shape index (κ3) is 5.09. The van der Waals surface area contributed by atoms with Crippen molar-refractivity contribution in [3.05, 3.63) is 96.1 Å². The van der Waals surface area contributed by atoms with Crippen molar-refractivity contribution in [2.75, 3.05) is 6.26 Å². The normalized spacial score (nSPS) is 14.9. The van der Waals surface area contributed by atoms with E-state index in [9.17, 15) is 8.42 Å². The van der Waals surface area contributed by atoms with Crippen LogP contribution >= 0.6 is 0 Å². The standard InChI is InChI=1S/C12H10.C11H11N3O2S/c1-3-7-11(8-4-1)12-9-5-2-6-10-12;1-17(15,16)14-11(6-7-12)10-5-3-2-4-9(10)8-13-14/h1-10H;2-5,8,11H,6H2,1H3. The van der Waals surface area contributed by atoms with Gasteiger partial charge in [-0.1, -0.05) is 84.9 Å². The van der Waals surface area contributed by atoms with Crippen LogP contribution in [-0.2, 0) is 10.0 Å². The minimum Gasteiger partial charge on any atom is -0.205 e. The number of sulfonamides is 1. The average Bonchev–Trinajstić information content (AvgIpc) is 2.75. The first kappa shape index (κ1) is 20.3. The Balaban J connectivity index is 0.000000176. The van der Waals surface area contributed by atoms with E-state index in [-0.39, 0.29) is 6.42 Å². The maximum Gasteiger partial charge on any atom is 0.247 e. The summed E-state index contributed by atoms with van der Waals surface area (Å²) in [6.07, 6.45) is 2.67. The van der Waals surface area contributed by atoms with Crippen molar-refractivity contribution < 1.29 is 8.42 Å². The molecule has 0 aliphatic carbocycles. The molecule has 0 aromatic heterocycles. The van der Waals surface area contributed by atoms with Crippen LogP contribution < -0.4 is 0 Å². The fourth-order valence-electron chi connectivity index (χ4n) is 3.10. The first-order valence-electron chi connectivity index (χ1n) is 9.10. The van der Waals surface area contributed by atoms with Gasteiger partial charge in [-0.15, -0.1) is 0 Å². The van der Waals surface area contributed by atoms with Crippen LogP contribution in [-0.4, -0.2) is 25.3 Å². The molecule has 1 heterocycles. The largest absolute Gasteiger partial charge is 0.247 e. The van der Waals surface area contributed by atoms with Gasteiger partial charge >= 0.3 is 0 Å². The second-order valence-corrected chi connectivity index (χ2v) is 8.36. The van der Waals surface area contributed by atoms with Gasteiger partial charge < -0.3 is 0 Å². The van der Waals surface area contributed by atoms with E-state index in [2.05, 4.69) is 53.6 Å². The molecule has 0 amide bonds. The number of hydrogen-bond acceptors (Lipinski definition) is 4. The average molecular weight is 404 g/mol. The zero-order valence-corrected chi connectivity index (χ0v) is 16.8. The van der Waals surface area contributed by atoms with Gasteiger partial charge in [-0.05, 0) is 22.3 Å². The summed E-state index contributed by atoms with van der Waals surface area (Å²) >= 11 is 0. The highest BCUT2D eigenvalue weighted by Crippen LogP contribution is 2.31. The van der Waals surface area contributed by atoms with Crippen molar-refractivity contribution >= 4 is 16.2 Å². The van der Waals surface area contributed by atoms with E-state index in [1.807, 2.05) is 42.5 Å². The van der Waals surface area contributed by atoms with E-state index in [0.717, 1.165) is 21.8 Å². The maximum absolute atomic E-state index is 11.6. The van der Waals surface area contributed by atoms with E-state index in [1.54, 1.807) is 0 Å². The molecule has 0 saturated carbocycles. The highest BCUT2D eigenvalue weighted by Gasteiger charge is 2.30. The number of nitrogens with zero attached hydrogens (tertiary/aromatic N) is 3. The Labute approximate surface area is 171 Å². The molecule has 4 rings (SSSR count). The van der Waals surface area contributed by atoms with Gasteiger partial charge in [0.2, 0.25) is 10.0 Å². The topological polar surface area (TPSA) is 73.5 Å². The molecular weight excluding hydrogens is 382 g/mol. The second kappa shape index (κ2) is 9.18. The molecule has 3 aromatic rings. The summed E-state index contributed by atoms with van der Waals surface area (Å²) < 4.78 is 24.2. The Kier molecular flexibility index (Phi) is 6.43. The van der Waals surface area contributed by atoms with Gasteiger partial charge in [0.1, 0.15) is 6.04 Å². The molecule has 0 fully saturated rings. The van der Waals surface area contributed by atoms with Crippen molar-refractivity contribution in [3.63, 3.8) is 0 Å². The van der Waals surface area contributed by atoms with Crippen LogP contribution in [0.3, 0.4) is 0 Å². The lowest BCUT2D eigenvalue weighted by Crippen LogP contribution is -2.32. The lowest BCUT2D eigenvalue weighted by atomic mass is 9.98. The molecule has 0 bridgehead atoms. The van der Waals surface area contributed by atoms with Crippen LogP contribution in [0.25, 0.3) is 11.1 Å². The third-order valence-corrected chi connectivity index (χ3v) is 5.47. The van der Waals surface area contributed by atoms with Gasteiger partial charge in [0.25, 0.3) is 0 Å². The highest BCUT2D eigenvalue weighted by atomic mass is 32.2. The molecule has 1 unspecified atom stereocenters. The van der Waals surface area contributed by atoms with E-state index >= 15 is 0 Å². The van der Waals surface area contributed by atoms with Crippen LogP contribution in [0.15, 0.2) is 90.0 Å². The minimum atomic E-state index is -3.46. The molecule has 1 aliphatic rings. The number of fused-ring (bicyclic) bond motifs is 1. The van der Waals surface area contributed by atoms with Crippen molar-refractivity contribution in [3.8, 4) is 17.2 Å². The van der Waals surface area contributed by atoms with Crippen LogP contribution in [0.1, 0.15) is 23.6 Å². The number of nitriles is 1. The molecule has 1 atom stereocenters. The van der Waals surface area contributed by atoms with Gasteiger partial charge in [-0.25, -0.2) is 8.42 Å². The van der Waals surface area contributed by atoms with Crippen LogP contribution in [0.2, 0.25) is 0 Å². The Morgan fingerprint density at radius 1 is 0.897 bits per heavy atom. The lowest BCUT2D eigenvalue weighted by Gasteiger charge is -2.29. The zero-order valence-electron chi connectivity index (χ0n) is 16.0. The first-order chi connectivity index (χ1) is 14.0. The number of benzene rings is 3. The van der Waals surface area contributed by atoms with E-state index < -0.39 is 16.1 Å². The SMILES string of the molecule is CS(=O)(=O)N1N=Cc2ccccc2C1CC#N.c1ccc(-c2ccccc2)cc1. The predicted octanol–water partition coefficient (Wildman–Crippen LogP) is 4.60. The fourth-order valence-corrected chi connectivity index (χ4v) is 3.97. The predicted molar refractivity (Wildman–Crippen MR) is 116 cm³/mol. The third-order valence-electron chi connectivity index (χ3n) is 4.44. The highest BCUT2D eigenvalue weighted by molar-refractivity contribution is 7.88. The zero-order chi connectivity index (χ0) is 20.7.